The molecule has 0 saturated carbocycles. The first-order valence-corrected chi connectivity index (χ1v) is 5.30. The molecule has 1 saturated heterocycles. The Kier molecular flexibility index (Phi) is 3.46. The molecule has 1 aromatic heterocycles. The van der Waals surface area contributed by atoms with Crippen molar-refractivity contribution >= 4 is 5.95 Å². The van der Waals surface area contributed by atoms with Crippen molar-refractivity contribution in [3.8, 4) is 0 Å². The number of halogens is 3. The highest BCUT2D eigenvalue weighted by molar-refractivity contribution is 5.27. The Bertz CT molecular complexity index is 377. The van der Waals surface area contributed by atoms with E-state index in [0.29, 0.717) is 13.2 Å². The number of nitrogens with one attached hydrogen (secondary N) is 1. The summed E-state index contributed by atoms with van der Waals surface area (Å²) >= 11 is 0. The van der Waals surface area contributed by atoms with Crippen LogP contribution in [-0.2, 0) is 10.9 Å². The number of aromatic nitrogens is 2. The van der Waals surface area contributed by atoms with Crippen molar-refractivity contribution < 1.29 is 17.9 Å². The fourth-order valence-electron chi connectivity index (χ4n) is 1.62. The highest BCUT2D eigenvalue weighted by Crippen LogP contribution is 2.27. The molecule has 0 spiro atoms. The number of rotatable bonds is 2. The van der Waals surface area contributed by atoms with Gasteiger partial charge in [-0.3, -0.25) is 0 Å². The van der Waals surface area contributed by atoms with Crippen LogP contribution in [0, 0.1) is 0 Å². The Morgan fingerprint density at radius 2 is 2.24 bits per heavy atom. The average Bonchev–Trinajstić information content (AvgIpc) is 2.29. The van der Waals surface area contributed by atoms with Gasteiger partial charge in [0.2, 0.25) is 5.95 Å². The molecule has 7 heteroatoms. The Hall–Kier alpha value is -1.37. The van der Waals surface area contributed by atoms with Crippen LogP contribution in [0.25, 0.3) is 0 Å². The molecule has 1 aliphatic rings. The number of hydrogen-bond donors (Lipinski definition) is 1. The van der Waals surface area contributed by atoms with Crippen molar-refractivity contribution in [3.63, 3.8) is 0 Å². The second-order valence-electron chi connectivity index (χ2n) is 3.82. The van der Waals surface area contributed by atoms with Crippen molar-refractivity contribution in [1.82, 2.24) is 9.97 Å². The van der Waals surface area contributed by atoms with Gasteiger partial charge in [0.15, 0.2) is 0 Å². The van der Waals surface area contributed by atoms with Gasteiger partial charge in [-0.25, -0.2) is 9.97 Å². The minimum atomic E-state index is -4.44. The number of anilines is 1. The van der Waals surface area contributed by atoms with E-state index in [1.807, 2.05) is 0 Å². The summed E-state index contributed by atoms with van der Waals surface area (Å²) in [7, 11) is 0. The predicted molar refractivity (Wildman–Crippen MR) is 54.5 cm³/mol. The van der Waals surface area contributed by atoms with Gasteiger partial charge in [-0.2, -0.15) is 13.2 Å². The van der Waals surface area contributed by atoms with Gasteiger partial charge in [0.1, 0.15) is 5.69 Å². The van der Waals surface area contributed by atoms with E-state index in [-0.39, 0.29) is 12.0 Å². The summed E-state index contributed by atoms with van der Waals surface area (Å²) in [6.07, 6.45) is -1.61. The van der Waals surface area contributed by atoms with Gasteiger partial charge < -0.3 is 10.1 Å². The summed E-state index contributed by atoms with van der Waals surface area (Å²) < 4.78 is 42.4. The van der Waals surface area contributed by atoms with Gasteiger partial charge in [-0.05, 0) is 18.9 Å². The lowest BCUT2D eigenvalue weighted by atomic mass is 10.1. The minimum absolute atomic E-state index is 0.00433. The number of nitrogens with zero attached hydrogens (tertiary/aromatic N) is 2. The van der Waals surface area contributed by atoms with E-state index >= 15 is 0 Å². The molecule has 0 aromatic carbocycles. The second kappa shape index (κ2) is 4.87. The molecule has 1 atom stereocenters. The maximum atomic E-state index is 12.4. The SMILES string of the molecule is FC(F)(F)c1ccnc(NC2CCCOC2)n1. The van der Waals surface area contributed by atoms with E-state index in [1.54, 1.807) is 0 Å². The van der Waals surface area contributed by atoms with Crippen molar-refractivity contribution in [2.45, 2.75) is 25.1 Å². The van der Waals surface area contributed by atoms with Gasteiger partial charge in [-0.1, -0.05) is 0 Å². The lowest BCUT2D eigenvalue weighted by Gasteiger charge is -2.23. The molecule has 17 heavy (non-hydrogen) atoms. The van der Waals surface area contributed by atoms with E-state index in [0.717, 1.165) is 25.1 Å². The van der Waals surface area contributed by atoms with Crippen molar-refractivity contribution in [2.75, 3.05) is 18.5 Å². The third-order valence-electron chi connectivity index (χ3n) is 2.44. The third-order valence-corrected chi connectivity index (χ3v) is 2.44. The molecule has 0 amide bonds. The molecular weight excluding hydrogens is 235 g/mol. The normalized spacial score (nSPS) is 21.2. The highest BCUT2D eigenvalue weighted by Gasteiger charge is 2.32. The van der Waals surface area contributed by atoms with Crippen LogP contribution in [-0.4, -0.2) is 29.2 Å². The topological polar surface area (TPSA) is 47.0 Å². The van der Waals surface area contributed by atoms with Crippen LogP contribution in [0.3, 0.4) is 0 Å². The first-order valence-electron chi connectivity index (χ1n) is 5.30. The maximum absolute atomic E-state index is 12.4. The summed E-state index contributed by atoms with van der Waals surface area (Å²) in [6, 6.07) is 0.829. The first-order chi connectivity index (χ1) is 8.05. The molecule has 2 heterocycles. The predicted octanol–water partition coefficient (Wildman–Crippen LogP) is 2.09. The summed E-state index contributed by atoms with van der Waals surface area (Å²) in [5.41, 5.74) is -0.938. The number of alkyl halides is 3. The fraction of sp³-hybridized carbons (Fsp3) is 0.600. The smallest absolute Gasteiger partial charge is 0.379 e. The van der Waals surface area contributed by atoms with Crippen LogP contribution < -0.4 is 5.32 Å². The Balaban J connectivity index is 2.05. The quantitative estimate of drug-likeness (QED) is 0.869. The van der Waals surface area contributed by atoms with Gasteiger partial charge in [-0.15, -0.1) is 0 Å². The lowest BCUT2D eigenvalue weighted by molar-refractivity contribution is -0.141. The molecule has 0 aliphatic carbocycles. The summed E-state index contributed by atoms with van der Waals surface area (Å²) in [5.74, 6) is -0.00433. The standard InChI is InChI=1S/C10H12F3N3O/c11-10(12,13)8-3-4-14-9(16-8)15-7-2-1-5-17-6-7/h3-4,7H,1-2,5-6H2,(H,14,15,16). The van der Waals surface area contributed by atoms with Crippen molar-refractivity contribution in [2.24, 2.45) is 0 Å². The molecule has 0 radical (unpaired) electrons. The van der Waals surface area contributed by atoms with Crippen molar-refractivity contribution in [3.05, 3.63) is 18.0 Å². The Labute approximate surface area is 96.2 Å². The van der Waals surface area contributed by atoms with Crippen LogP contribution in [0.4, 0.5) is 19.1 Å². The molecule has 2 rings (SSSR count). The maximum Gasteiger partial charge on any atom is 0.433 e. The summed E-state index contributed by atoms with van der Waals surface area (Å²) in [4.78, 5) is 7.20. The summed E-state index contributed by atoms with van der Waals surface area (Å²) in [6.45, 7) is 1.17. The zero-order valence-electron chi connectivity index (χ0n) is 9.00. The molecular formula is C10H12F3N3O. The van der Waals surface area contributed by atoms with Crippen LogP contribution in [0.5, 0.6) is 0 Å². The van der Waals surface area contributed by atoms with E-state index in [1.165, 1.54) is 0 Å². The largest absolute Gasteiger partial charge is 0.433 e. The van der Waals surface area contributed by atoms with Gasteiger partial charge in [0, 0.05) is 12.8 Å². The monoisotopic (exact) mass is 247 g/mol. The third kappa shape index (κ3) is 3.29. The average molecular weight is 247 g/mol. The molecule has 0 bridgehead atoms. The molecule has 1 unspecified atom stereocenters. The first kappa shape index (κ1) is 12.1. The molecule has 4 nitrogen and oxygen atoms in total. The van der Waals surface area contributed by atoms with E-state index < -0.39 is 11.9 Å². The van der Waals surface area contributed by atoms with E-state index in [9.17, 15) is 13.2 Å². The zero-order valence-corrected chi connectivity index (χ0v) is 9.00. The Morgan fingerprint density at radius 3 is 2.88 bits per heavy atom. The van der Waals surface area contributed by atoms with Crippen LogP contribution in [0.2, 0.25) is 0 Å². The molecule has 1 aromatic rings. The number of hydrogen-bond acceptors (Lipinski definition) is 4. The highest BCUT2D eigenvalue weighted by atomic mass is 19.4. The van der Waals surface area contributed by atoms with Gasteiger partial charge in [0.25, 0.3) is 0 Å². The second-order valence-corrected chi connectivity index (χ2v) is 3.82. The van der Waals surface area contributed by atoms with E-state index in [2.05, 4.69) is 15.3 Å². The molecule has 1 N–H and O–H groups in total. The van der Waals surface area contributed by atoms with Crippen molar-refractivity contribution in [1.29, 1.82) is 0 Å². The number of ether oxygens (including phenoxy) is 1. The molecule has 1 aliphatic heterocycles. The fourth-order valence-corrected chi connectivity index (χ4v) is 1.62. The lowest BCUT2D eigenvalue weighted by Crippen LogP contribution is -2.31. The zero-order chi connectivity index (χ0) is 12.3. The molecule has 1 fully saturated rings. The summed E-state index contributed by atoms with van der Waals surface area (Å²) in [5, 5.41) is 2.85. The van der Waals surface area contributed by atoms with Crippen LogP contribution >= 0.6 is 0 Å². The van der Waals surface area contributed by atoms with E-state index in [4.69, 9.17) is 4.74 Å². The Morgan fingerprint density at radius 1 is 1.41 bits per heavy atom. The van der Waals surface area contributed by atoms with Crippen LogP contribution in [0.1, 0.15) is 18.5 Å². The van der Waals surface area contributed by atoms with Crippen LogP contribution in [0.15, 0.2) is 12.3 Å². The minimum Gasteiger partial charge on any atom is -0.379 e. The van der Waals surface area contributed by atoms with Gasteiger partial charge >= 0.3 is 6.18 Å². The molecule has 94 valence electrons. The van der Waals surface area contributed by atoms with Gasteiger partial charge in [0.05, 0.1) is 12.6 Å².